The van der Waals surface area contributed by atoms with Crippen molar-refractivity contribution in [3.05, 3.63) is 144 Å². The molecule has 0 saturated carbocycles. The topological polar surface area (TPSA) is 75.6 Å². The van der Waals surface area contributed by atoms with Crippen LogP contribution in [0.25, 0.3) is 0 Å². The average molecular weight is 526 g/mol. The Balaban J connectivity index is 1.72. The highest BCUT2D eigenvalue weighted by Crippen LogP contribution is 2.54. The van der Waals surface area contributed by atoms with Gasteiger partial charge >= 0.3 is 12.1 Å². The minimum atomic E-state index is -1.23. The molecule has 6 heteroatoms. The first-order valence-corrected chi connectivity index (χ1v) is 13.2. The van der Waals surface area contributed by atoms with Gasteiger partial charge in [0.25, 0.3) is 0 Å². The molecule has 4 aromatic rings. The molecule has 4 aromatic carbocycles. The van der Waals surface area contributed by atoms with Crippen molar-refractivity contribution in [1.29, 1.82) is 0 Å². The molecule has 5 nitrogen and oxygen atoms in total. The lowest BCUT2D eigenvalue weighted by atomic mass is 9.84. The van der Waals surface area contributed by atoms with Crippen LogP contribution in [0.1, 0.15) is 36.1 Å². The number of carboxylic acid groups (broad SMARTS) is 1. The van der Waals surface area contributed by atoms with Crippen LogP contribution < -0.4 is 5.32 Å². The molecule has 0 aliphatic rings. The van der Waals surface area contributed by atoms with Crippen LogP contribution in [0.3, 0.4) is 0 Å². The van der Waals surface area contributed by atoms with Crippen LogP contribution in [-0.4, -0.2) is 28.0 Å². The maximum atomic E-state index is 12.7. The summed E-state index contributed by atoms with van der Waals surface area (Å²) in [5, 5.41) is 12.9. The van der Waals surface area contributed by atoms with Gasteiger partial charge in [-0.2, -0.15) is 0 Å². The molecule has 0 aliphatic heterocycles. The van der Waals surface area contributed by atoms with Crippen LogP contribution in [0.2, 0.25) is 0 Å². The van der Waals surface area contributed by atoms with Crippen LogP contribution >= 0.6 is 11.8 Å². The molecule has 1 amide bonds. The predicted octanol–water partition coefficient (Wildman–Crippen LogP) is 6.87. The highest BCUT2D eigenvalue weighted by molar-refractivity contribution is 8.02. The number of hydrogen-bond donors (Lipinski definition) is 2. The number of carbonyl (C=O) groups is 2. The standard InChI is InChI=1S/C32H31NO4S/c1-31(2,28(29(34)35)33-30(36)37-23-24-15-7-3-8-16-24)38-32(25-17-9-4-10-18-25,26-19-11-5-12-20-26)27-21-13-6-14-22-27/h3-22,28H,23H2,1-2H3,(H,33,36)(H,34,35)/t28-/m1/s1. The summed E-state index contributed by atoms with van der Waals surface area (Å²) >= 11 is 1.50. The van der Waals surface area contributed by atoms with Gasteiger partial charge in [0, 0.05) is 4.75 Å². The molecule has 0 aromatic heterocycles. The Kier molecular flexibility index (Phi) is 8.54. The van der Waals surface area contributed by atoms with Crippen LogP contribution in [-0.2, 0) is 20.9 Å². The van der Waals surface area contributed by atoms with E-state index in [1.807, 2.05) is 98.8 Å². The van der Waals surface area contributed by atoms with E-state index in [-0.39, 0.29) is 6.61 Å². The summed E-state index contributed by atoms with van der Waals surface area (Å²) in [6.45, 7) is 3.74. The number of nitrogens with one attached hydrogen (secondary N) is 1. The summed E-state index contributed by atoms with van der Waals surface area (Å²) in [7, 11) is 0. The van der Waals surface area contributed by atoms with Gasteiger partial charge in [-0.15, -0.1) is 11.8 Å². The Morgan fingerprint density at radius 2 is 1.13 bits per heavy atom. The number of rotatable bonds is 10. The quantitative estimate of drug-likeness (QED) is 0.221. The highest BCUT2D eigenvalue weighted by atomic mass is 32.2. The minimum absolute atomic E-state index is 0.0502. The number of benzene rings is 4. The molecule has 0 radical (unpaired) electrons. The zero-order valence-corrected chi connectivity index (χ0v) is 22.2. The zero-order chi connectivity index (χ0) is 27.0. The molecule has 0 spiro atoms. The van der Waals surface area contributed by atoms with Crippen molar-refractivity contribution in [2.75, 3.05) is 0 Å². The van der Waals surface area contributed by atoms with Gasteiger partial charge in [0.15, 0.2) is 0 Å². The van der Waals surface area contributed by atoms with Crippen LogP contribution in [0.4, 0.5) is 4.79 Å². The number of ether oxygens (including phenoxy) is 1. The van der Waals surface area contributed by atoms with Crippen molar-refractivity contribution in [2.45, 2.75) is 36.0 Å². The Bertz CT molecular complexity index is 1230. The SMILES string of the molecule is CC(C)(SC(c1ccccc1)(c1ccccc1)c1ccccc1)[C@H](NC(=O)OCc1ccccc1)C(=O)O. The third-order valence-electron chi connectivity index (χ3n) is 6.37. The summed E-state index contributed by atoms with van der Waals surface area (Å²) in [5.74, 6) is -1.14. The van der Waals surface area contributed by atoms with E-state index in [0.717, 1.165) is 22.3 Å². The highest BCUT2D eigenvalue weighted by Gasteiger charge is 2.47. The molecule has 0 heterocycles. The molecule has 0 bridgehead atoms. The van der Waals surface area contributed by atoms with Gasteiger partial charge in [-0.25, -0.2) is 9.59 Å². The fraction of sp³-hybridized carbons (Fsp3) is 0.188. The first-order chi connectivity index (χ1) is 18.3. The van der Waals surface area contributed by atoms with Gasteiger partial charge in [-0.1, -0.05) is 121 Å². The van der Waals surface area contributed by atoms with E-state index in [9.17, 15) is 14.7 Å². The number of amides is 1. The number of aliphatic carboxylic acids is 1. The maximum Gasteiger partial charge on any atom is 0.408 e. The third-order valence-corrected chi connectivity index (χ3v) is 8.15. The second-order valence-corrected chi connectivity index (χ2v) is 11.3. The number of carbonyl (C=O) groups excluding carboxylic acids is 1. The Morgan fingerprint density at radius 1 is 0.737 bits per heavy atom. The molecule has 0 fully saturated rings. The Hall–Kier alpha value is -4.03. The van der Waals surface area contributed by atoms with Crippen molar-refractivity contribution < 1.29 is 19.4 Å². The van der Waals surface area contributed by atoms with E-state index in [0.29, 0.717) is 0 Å². The monoisotopic (exact) mass is 525 g/mol. The third kappa shape index (κ3) is 6.09. The second-order valence-electron chi connectivity index (χ2n) is 9.46. The van der Waals surface area contributed by atoms with Gasteiger partial charge in [-0.3, -0.25) is 0 Å². The van der Waals surface area contributed by atoms with Crippen molar-refractivity contribution >= 4 is 23.8 Å². The maximum absolute atomic E-state index is 12.7. The lowest BCUT2D eigenvalue weighted by molar-refractivity contribution is -0.140. The van der Waals surface area contributed by atoms with Crippen molar-refractivity contribution in [3.8, 4) is 0 Å². The fourth-order valence-electron chi connectivity index (χ4n) is 4.56. The smallest absolute Gasteiger partial charge is 0.408 e. The predicted molar refractivity (Wildman–Crippen MR) is 152 cm³/mol. The second kappa shape index (κ2) is 12.0. The van der Waals surface area contributed by atoms with E-state index in [4.69, 9.17) is 4.74 Å². The van der Waals surface area contributed by atoms with Crippen molar-refractivity contribution in [3.63, 3.8) is 0 Å². The largest absolute Gasteiger partial charge is 0.480 e. The van der Waals surface area contributed by atoms with Gasteiger partial charge < -0.3 is 15.2 Å². The first kappa shape index (κ1) is 27.0. The first-order valence-electron chi connectivity index (χ1n) is 12.4. The number of alkyl carbamates (subject to hydrolysis) is 1. The summed E-state index contributed by atoms with van der Waals surface area (Å²) in [6, 6.07) is 38.2. The van der Waals surface area contributed by atoms with Crippen LogP contribution in [0.15, 0.2) is 121 Å². The summed E-state index contributed by atoms with van der Waals surface area (Å²) in [4.78, 5) is 25.3. The molecule has 194 valence electrons. The van der Waals surface area contributed by atoms with Crippen LogP contribution in [0, 0.1) is 0 Å². The van der Waals surface area contributed by atoms with Gasteiger partial charge in [0.05, 0.1) is 4.75 Å². The molecule has 38 heavy (non-hydrogen) atoms. The fourth-order valence-corrected chi connectivity index (χ4v) is 6.39. The molecule has 1 atom stereocenters. The summed E-state index contributed by atoms with van der Waals surface area (Å²) in [6.07, 6.45) is -0.778. The van der Waals surface area contributed by atoms with E-state index >= 15 is 0 Å². The molecule has 0 unspecified atom stereocenters. The Morgan fingerprint density at radius 3 is 1.53 bits per heavy atom. The summed E-state index contributed by atoms with van der Waals surface area (Å²) < 4.78 is 3.64. The van der Waals surface area contributed by atoms with E-state index < -0.39 is 27.6 Å². The molecular weight excluding hydrogens is 494 g/mol. The summed E-state index contributed by atoms with van der Waals surface area (Å²) in [5.41, 5.74) is 3.84. The molecular formula is C32H31NO4S. The van der Waals surface area contributed by atoms with E-state index in [2.05, 4.69) is 41.7 Å². The van der Waals surface area contributed by atoms with E-state index in [1.54, 1.807) is 0 Å². The van der Waals surface area contributed by atoms with Crippen molar-refractivity contribution in [1.82, 2.24) is 5.32 Å². The average Bonchev–Trinajstić information content (AvgIpc) is 2.95. The van der Waals surface area contributed by atoms with E-state index in [1.165, 1.54) is 11.8 Å². The number of carboxylic acids is 1. The lowest BCUT2D eigenvalue weighted by Crippen LogP contribution is -2.54. The molecule has 4 rings (SSSR count). The lowest BCUT2D eigenvalue weighted by Gasteiger charge is -2.43. The van der Waals surface area contributed by atoms with Crippen LogP contribution in [0.5, 0.6) is 0 Å². The Labute approximate surface area is 227 Å². The number of hydrogen-bond acceptors (Lipinski definition) is 4. The van der Waals surface area contributed by atoms with Gasteiger partial charge in [0.1, 0.15) is 12.6 Å². The molecule has 0 saturated heterocycles. The molecule has 0 aliphatic carbocycles. The zero-order valence-electron chi connectivity index (χ0n) is 21.4. The molecule has 2 N–H and O–H groups in total. The minimum Gasteiger partial charge on any atom is -0.480 e. The van der Waals surface area contributed by atoms with Gasteiger partial charge in [0.2, 0.25) is 0 Å². The normalized spacial score (nSPS) is 12.4. The van der Waals surface area contributed by atoms with Crippen molar-refractivity contribution in [2.24, 2.45) is 0 Å². The van der Waals surface area contributed by atoms with Gasteiger partial charge in [-0.05, 0) is 36.1 Å². The number of thioether (sulfide) groups is 1.